The average Bonchev–Trinajstić information content (AvgIpc) is 2.14. The normalized spacial score (nSPS) is 11.3. The molecule has 0 spiro atoms. The van der Waals surface area contributed by atoms with Crippen molar-refractivity contribution >= 4 is 17.6 Å². The van der Waals surface area contributed by atoms with Crippen LogP contribution in [0.1, 0.15) is 29.8 Å². The molecule has 0 aliphatic rings. The van der Waals surface area contributed by atoms with Gasteiger partial charge in [0.05, 0.1) is 23.3 Å². The Hall–Kier alpha value is -1.06. The van der Waals surface area contributed by atoms with Gasteiger partial charge in [-0.05, 0) is 31.5 Å². The van der Waals surface area contributed by atoms with E-state index in [1.54, 1.807) is 32.0 Å². The van der Waals surface area contributed by atoms with Crippen molar-refractivity contribution in [1.82, 2.24) is 0 Å². The molecule has 0 saturated carbocycles. The number of hydrogen-bond donors (Lipinski definition) is 1. The number of hydrogen-bond acceptors (Lipinski definition) is 3. The third-order valence-electron chi connectivity index (χ3n) is 2.08. The summed E-state index contributed by atoms with van der Waals surface area (Å²) in [5, 5.41) is 9.99. The molecule has 0 amide bonds. The number of methoxy groups -OCH3 is 1. The monoisotopic (exact) mass is 242 g/mol. The van der Waals surface area contributed by atoms with Gasteiger partial charge in [-0.15, -0.1) is 0 Å². The van der Waals surface area contributed by atoms with Crippen molar-refractivity contribution in [3.63, 3.8) is 0 Å². The summed E-state index contributed by atoms with van der Waals surface area (Å²) in [6.45, 7) is 3.43. The molecular weight excluding hydrogens is 228 g/mol. The van der Waals surface area contributed by atoms with Crippen LogP contribution in [0.4, 0.5) is 0 Å². The molecule has 3 nitrogen and oxygen atoms in total. The van der Waals surface area contributed by atoms with Gasteiger partial charge < -0.3 is 9.84 Å². The van der Waals surface area contributed by atoms with Crippen LogP contribution in [0.25, 0.3) is 0 Å². The highest BCUT2D eigenvalue weighted by molar-refractivity contribution is 6.33. The van der Waals surface area contributed by atoms with Crippen LogP contribution in [-0.4, -0.2) is 23.8 Å². The zero-order chi connectivity index (χ0) is 12.3. The molecular formula is C12H15ClO3. The molecule has 16 heavy (non-hydrogen) atoms. The molecule has 0 fully saturated rings. The van der Waals surface area contributed by atoms with Crippen LogP contribution < -0.4 is 0 Å². The molecule has 1 N–H and O–H groups in total. The van der Waals surface area contributed by atoms with Crippen LogP contribution in [0.2, 0.25) is 5.02 Å². The fourth-order valence-corrected chi connectivity index (χ4v) is 1.72. The minimum absolute atomic E-state index is 0.337. The Balaban J connectivity index is 2.96. The summed E-state index contributed by atoms with van der Waals surface area (Å²) in [4.78, 5) is 11.3. The molecule has 1 aromatic rings. The predicted octanol–water partition coefficient (Wildman–Crippen LogP) is 2.44. The van der Waals surface area contributed by atoms with Gasteiger partial charge in [0.25, 0.3) is 0 Å². The molecule has 0 aromatic heterocycles. The number of esters is 1. The molecule has 0 bridgehead atoms. The second kappa shape index (κ2) is 4.85. The second-order valence-electron chi connectivity index (χ2n) is 4.29. The van der Waals surface area contributed by atoms with E-state index in [2.05, 4.69) is 4.74 Å². The number of carbonyl (C=O) groups excluding carboxylic acids is 1. The van der Waals surface area contributed by atoms with E-state index in [9.17, 15) is 9.90 Å². The first-order chi connectivity index (χ1) is 7.33. The van der Waals surface area contributed by atoms with Gasteiger partial charge in [0.1, 0.15) is 0 Å². The van der Waals surface area contributed by atoms with E-state index in [0.29, 0.717) is 17.0 Å². The van der Waals surface area contributed by atoms with Gasteiger partial charge >= 0.3 is 5.97 Å². The number of carbonyl (C=O) groups is 1. The largest absolute Gasteiger partial charge is 0.465 e. The number of aliphatic hydroxyl groups is 1. The van der Waals surface area contributed by atoms with Crippen molar-refractivity contribution in [2.75, 3.05) is 7.11 Å². The van der Waals surface area contributed by atoms with E-state index in [4.69, 9.17) is 11.6 Å². The number of ether oxygens (including phenoxy) is 1. The average molecular weight is 243 g/mol. The van der Waals surface area contributed by atoms with E-state index >= 15 is 0 Å². The molecule has 0 aliphatic carbocycles. The number of halogens is 1. The molecule has 0 radical (unpaired) electrons. The SMILES string of the molecule is COC(=O)c1ccc(CC(C)(C)O)cc1Cl. The van der Waals surface area contributed by atoms with Gasteiger partial charge in [-0.3, -0.25) is 0 Å². The third kappa shape index (κ3) is 3.51. The summed E-state index contributed by atoms with van der Waals surface area (Å²) in [6, 6.07) is 5.04. The molecule has 1 rings (SSSR count). The Kier molecular flexibility index (Phi) is 3.94. The lowest BCUT2D eigenvalue weighted by Gasteiger charge is -2.17. The smallest absolute Gasteiger partial charge is 0.339 e. The molecule has 4 heteroatoms. The van der Waals surface area contributed by atoms with Crippen molar-refractivity contribution in [3.05, 3.63) is 34.3 Å². The van der Waals surface area contributed by atoms with Gasteiger partial charge in [0, 0.05) is 6.42 Å². The van der Waals surface area contributed by atoms with Crippen molar-refractivity contribution in [3.8, 4) is 0 Å². The van der Waals surface area contributed by atoms with E-state index < -0.39 is 11.6 Å². The lowest BCUT2D eigenvalue weighted by molar-refractivity contribution is 0.0601. The molecule has 88 valence electrons. The number of rotatable bonds is 3. The Labute approximate surface area is 100.0 Å². The van der Waals surface area contributed by atoms with Crippen LogP contribution >= 0.6 is 11.6 Å². The van der Waals surface area contributed by atoms with Crippen molar-refractivity contribution in [2.45, 2.75) is 25.9 Å². The van der Waals surface area contributed by atoms with Gasteiger partial charge in [-0.2, -0.15) is 0 Å². The van der Waals surface area contributed by atoms with Crippen LogP contribution in [0, 0.1) is 0 Å². The van der Waals surface area contributed by atoms with E-state index in [0.717, 1.165) is 5.56 Å². The van der Waals surface area contributed by atoms with Gasteiger partial charge in [0.15, 0.2) is 0 Å². The van der Waals surface area contributed by atoms with Gasteiger partial charge in [-0.25, -0.2) is 4.79 Å². The minimum Gasteiger partial charge on any atom is -0.465 e. The summed E-state index contributed by atoms with van der Waals surface area (Å²) >= 11 is 5.95. The Bertz CT molecular complexity index is 394. The molecule has 0 atom stereocenters. The molecule has 0 saturated heterocycles. The predicted molar refractivity (Wildman–Crippen MR) is 62.8 cm³/mol. The third-order valence-corrected chi connectivity index (χ3v) is 2.39. The maximum absolute atomic E-state index is 11.3. The molecule has 1 aromatic carbocycles. The molecule has 0 heterocycles. The molecule has 0 unspecified atom stereocenters. The topological polar surface area (TPSA) is 46.5 Å². The van der Waals surface area contributed by atoms with Crippen LogP contribution in [-0.2, 0) is 11.2 Å². The first-order valence-electron chi connectivity index (χ1n) is 4.92. The second-order valence-corrected chi connectivity index (χ2v) is 4.70. The Morgan fingerprint density at radius 3 is 2.56 bits per heavy atom. The zero-order valence-corrected chi connectivity index (χ0v) is 10.3. The minimum atomic E-state index is -0.796. The zero-order valence-electron chi connectivity index (χ0n) is 9.58. The first kappa shape index (κ1) is 13.0. The summed E-state index contributed by atoms with van der Waals surface area (Å²) < 4.78 is 4.59. The highest BCUT2D eigenvalue weighted by Gasteiger charge is 2.16. The highest BCUT2D eigenvalue weighted by atomic mass is 35.5. The first-order valence-corrected chi connectivity index (χ1v) is 5.30. The maximum Gasteiger partial charge on any atom is 0.339 e. The highest BCUT2D eigenvalue weighted by Crippen LogP contribution is 2.21. The Morgan fingerprint density at radius 1 is 1.50 bits per heavy atom. The van der Waals surface area contributed by atoms with Gasteiger partial charge in [-0.1, -0.05) is 17.7 Å². The lowest BCUT2D eigenvalue weighted by atomic mass is 9.98. The van der Waals surface area contributed by atoms with Crippen molar-refractivity contribution in [2.24, 2.45) is 0 Å². The Morgan fingerprint density at radius 2 is 2.12 bits per heavy atom. The van der Waals surface area contributed by atoms with Crippen LogP contribution in [0.15, 0.2) is 18.2 Å². The van der Waals surface area contributed by atoms with Crippen molar-refractivity contribution in [1.29, 1.82) is 0 Å². The standard InChI is InChI=1S/C12H15ClO3/c1-12(2,15)7-8-4-5-9(10(13)6-8)11(14)16-3/h4-6,15H,7H2,1-3H3. The maximum atomic E-state index is 11.3. The summed E-state index contributed by atoms with van der Waals surface area (Å²) in [6.07, 6.45) is 0.480. The number of benzene rings is 1. The molecule has 0 aliphatic heterocycles. The van der Waals surface area contributed by atoms with Gasteiger partial charge in [0.2, 0.25) is 0 Å². The van der Waals surface area contributed by atoms with Crippen LogP contribution in [0.3, 0.4) is 0 Å². The fraction of sp³-hybridized carbons (Fsp3) is 0.417. The lowest BCUT2D eigenvalue weighted by Crippen LogP contribution is -2.21. The van der Waals surface area contributed by atoms with E-state index in [-0.39, 0.29) is 0 Å². The summed E-state index contributed by atoms with van der Waals surface area (Å²) in [5.74, 6) is -0.459. The summed E-state index contributed by atoms with van der Waals surface area (Å²) in [7, 11) is 1.31. The quantitative estimate of drug-likeness (QED) is 0.829. The van der Waals surface area contributed by atoms with E-state index in [1.165, 1.54) is 7.11 Å². The van der Waals surface area contributed by atoms with E-state index in [1.807, 2.05) is 0 Å². The van der Waals surface area contributed by atoms with Crippen LogP contribution in [0.5, 0.6) is 0 Å². The van der Waals surface area contributed by atoms with Crippen molar-refractivity contribution < 1.29 is 14.6 Å². The fourth-order valence-electron chi connectivity index (χ4n) is 1.44. The summed E-state index contributed by atoms with van der Waals surface area (Å²) in [5.41, 5.74) is 0.421.